The van der Waals surface area contributed by atoms with Crippen molar-refractivity contribution in [2.45, 2.75) is 18.4 Å². The van der Waals surface area contributed by atoms with Gasteiger partial charge in [0, 0.05) is 11.8 Å². The number of aliphatic hydroxyl groups excluding tert-OH is 1. The summed E-state index contributed by atoms with van der Waals surface area (Å²) in [7, 11) is -10.4. The predicted molar refractivity (Wildman–Crippen MR) is 80.9 cm³/mol. The first-order valence-corrected chi connectivity index (χ1v) is 9.53. The molecule has 140 valence electrons. The minimum atomic E-state index is -5.27. The van der Waals surface area contributed by atoms with Crippen molar-refractivity contribution in [3.8, 4) is 0 Å². The summed E-state index contributed by atoms with van der Waals surface area (Å²) >= 11 is 0. The third kappa shape index (κ3) is 5.05. The van der Waals surface area contributed by atoms with Crippen molar-refractivity contribution < 1.29 is 42.5 Å². The quantitative estimate of drug-likeness (QED) is 0.285. The summed E-state index contributed by atoms with van der Waals surface area (Å²) in [6.07, 6.45) is -2.55. The fourth-order valence-corrected chi connectivity index (χ4v) is 3.62. The largest absolute Gasteiger partial charge is 0.481 e. The van der Waals surface area contributed by atoms with Crippen molar-refractivity contribution >= 4 is 21.5 Å². The number of rotatable bonds is 6. The van der Waals surface area contributed by atoms with Gasteiger partial charge < -0.3 is 30.3 Å². The van der Waals surface area contributed by atoms with Crippen LogP contribution in [0.2, 0.25) is 0 Å². The van der Waals surface area contributed by atoms with Gasteiger partial charge in [-0.25, -0.2) is 13.9 Å². The Kier molecular flexibility index (Phi) is 5.64. The van der Waals surface area contributed by atoms with Crippen LogP contribution in [0.1, 0.15) is 6.23 Å². The normalized spacial score (nSPS) is 26.6. The highest BCUT2D eigenvalue weighted by Crippen LogP contribution is 2.57. The molecule has 2 rings (SSSR count). The van der Waals surface area contributed by atoms with Gasteiger partial charge in [0.05, 0.1) is 6.61 Å². The molecule has 0 radical (unpaired) electrons. The van der Waals surface area contributed by atoms with Gasteiger partial charge in [0.15, 0.2) is 6.23 Å². The van der Waals surface area contributed by atoms with E-state index in [2.05, 4.69) is 20.4 Å². The molecule has 15 heteroatoms. The van der Waals surface area contributed by atoms with Crippen LogP contribution in [0.15, 0.2) is 29.2 Å². The highest BCUT2D eigenvalue weighted by molar-refractivity contribution is 7.60. The van der Waals surface area contributed by atoms with Gasteiger partial charge in [-0.05, 0) is 6.07 Å². The number of anilines is 1. The minimum Gasteiger partial charge on any atom is -0.386 e. The third-order valence-corrected chi connectivity index (χ3v) is 5.22. The molecule has 1 aromatic rings. The molecule has 0 aliphatic carbocycles. The van der Waals surface area contributed by atoms with E-state index in [9.17, 15) is 23.9 Å². The first-order chi connectivity index (χ1) is 11.4. The van der Waals surface area contributed by atoms with Crippen LogP contribution < -0.4 is 11.4 Å². The van der Waals surface area contributed by atoms with Crippen LogP contribution in [0.25, 0.3) is 0 Å². The highest BCUT2D eigenvalue weighted by Gasteiger charge is 2.41. The summed E-state index contributed by atoms with van der Waals surface area (Å²) < 4.78 is 36.3. The van der Waals surface area contributed by atoms with Crippen molar-refractivity contribution in [1.29, 1.82) is 0 Å². The van der Waals surface area contributed by atoms with Gasteiger partial charge in [-0.1, -0.05) is 6.58 Å². The van der Waals surface area contributed by atoms with E-state index in [1.54, 1.807) is 0 Å². The Labute approximate surface area is 140 Å². The van der Waals surface area contributed by atoms with Crippen molar-refractivity contribution in [3.05, 3.63) is 34.9 Å². The zero-order valence-electron chi connectivity index (χ0n) is 12.4. The Morgan fingerprint density at radius 1 is 1.40 bits per heavy atom. The topological polar surface area (TPSA) is 204 Å². The molecule has 1 saturated heterocycles. The fraction of sp³-hybridized carbons (Fsp3) is 0.400. The van der Waals surface area contributed by atoms with Gasteiger partial charge >= 0.3 is 21.3 Å². The van der Waals surface area contributed by atoms with E-state index in [4.69, 9.17) is 20.3 Å². The van der Waals surface area contributed by atoms with Crippen LogP contribution in [0.5, 0.6) is 0 Å². The molecule has 1 fully saturated rings. The number of nitrogen functional groups attached to an aromatic ring is 1. The molecule has 1 aliphatic rings. The van der Waals surface area contributed by atoms with Gasteiger partial charge in [-0.2, -0.15) is 9.29 Å². The van der Waals surface area contributed by atoms with Crippen LogP contribution in [-0.2, 0) is 22.7 Å². The SMILES string of the molecule is C=C1C(O)[C@@H](COP(=O)(O)OP(=O)(O)O)O[C@H]1n1ccc(N)nc1=O. The number of phosphoric acid groups is 2. The predicted octanol–water partition coefficient (Wildman–Crippen LogP) is -1.13. The molecule has 6 N–H and O–H groups in total. The van der Waals surface area contributed by atoms with Crippen molar-refractivity contribution in [2.24, 2.45) is 0 Å². The van der Waals surface area contributed by atoms with Crippen molar-refractivity contribution in [3.63, 3.8) is 0 Å². The summed E-state index contributed by atoms with van der Waals surface area (Å²) in [5.74, 6) is -0.0268. The summed E-state index contributed by atoms with van der Waals surface area (Å²) in [6.45, 7) is 2.80. The number of ether oxygens (including phenoxy) is 1. The van der Waals surface area contributed by atoms with Crippen LogP contribution in [-0.4, -0.2) is 48.2 Å². The number of aliphatic hydroxyl groups is 1. The fourth-order valence-electron chi connectivity index (χ4n) is 2.02. The second kappa shape index (κ2) is 7.08. The summed E-state index contributed by atoms with van der Waals surface area (Å²) in [6, 6.07) is 1.31. The molecule has 1 aromatic heterocycles. The van der Waals surface area contributed by atoms with Gasteiger partial charge in [0.2, 0.25) is 0 Å². The first-order valence-electron chi connectivity index (χ1n) is 6.51. The zero-order valence-corrected chi connectivity index (χ0v) is 14.2. The van der Waals surface area contributed by atoms with E-state index in [0.29, 0.717) is 0 Å². The highest BCUT2D eigenvalue weighted by atomic mass is 31.3. The maximum atomic E-state index is 11.8. The van der Waals surface area contributed by atoms with Gasteiger partial charge in [-0.15, -0.1) is 0 Å². The Bertz CT molecular complexity index is 819. The number of nitrogens with two attached hydrogens (primary N) is 1. The Hall–Kier alpha value is -1.40. The number of hydrogen-bond acceptors (Lipinski definition) is 9. The Morgan fingerprint density at radius 3 is 2.60 bits per heavy atom. The molecule has 0 bridgehead atoms. The third-order valence-electron chi connectivity index (χ3n) is 3.07. The minimum absolute atomic E-state index is 0.0268. The van der Waals surface area contributed by atoms with Crippen LogP contribution >= 0.6 is 15.6 Å². The van der Waals surface area contributed by atoms with Crippen molar-refractivity contribution in [2.75, 3.05) is 12.3 Å². The van der Waals surface area contributed by atoms with Gasteiger partial charge in [0.25, 0.3) is 0 Å². The van der Waals surface area contributed by atoms with E-state index in [1.807, 2.05) is 0 Å². The Morgan fingerprint density at radius 2 is 2.04 bits per heavy atom. The number of nitrogens with zero attached hydrogens (tertiary/aromatic N) is 2. The standard InChI is InChI=1S/C10H15N3O10P2/c1-5-8(14)6(4-21-25(19,20)23-24(16,17)18)22-9(5)13-3-2-7(11)12-10(13)15/h2-3,6,8-9,14H,1,4H2,(H,19,20)(H2,11,12,15)(H2,16,17,18)/t6-,8?,9-/m1/s1. The van der Waals surface area contributed by atoms with E-state index < -0.39 is 46.4 Å². The van der Waals surface area contributed by atoms with Crippen molar-refractivity contribution in [1.82, 2.24) is 9.55 Å². The molecule has 0 aromatic carbocycles. The second-order valence-electron chi connectivity index (χ2n) is 4.93. The lowest BCUT2D eigenvalue weighted by Gasteiger charge is -2.17. The average molecular weight is 399 g/mol. The summed E-state index contributed by atoms with van der Waals surface area (Å²) in [4.78, 5) is 41.5. The maximum Gasteiger partial charge on any atom is 0.481 e. The second-order valence-corrected chi connectivity index (χ2v) is 7.76. The molecule has 4 atom stereocenters. The molecule has 0 spiro atoms. The van der Waals surface area contributed by atoms with Gasteiger partial charge in [0.1, 0.15) is 18.0 Å². The van der Waals surface area contributed by atoms with Crippen LogP contribution in [0, 0.1) is 0 Å². The maximum absolute atomic E-state index is 11.8. The van der Waals surface area contributed by atoms with E-state index in [1.165, 1.54) is 12.3 Å². The smallest absolute Gasteiger partial charge is 0.386 e. The Balaban J connectivity index is 2.10. The lowest BCUT2D eigenvalue weighted by Crippen LogP contribution is -2.28. The van der Waals surface area contributed by atoms with Crippen LogP contribution in [0.4, 0.5) is 5.82 Å². The van der Waals surface area contributed by atoms with E-state index >= 15 is 0 Å². The lowest BCUT2D eigenvalue weighted by molar-refractivity contribution is -0.0438. The average Bonchev–Trinajstić information content (AvgIpc) is 2.71. The van der Waals surface area contributed by atoms with E-state index in [-0.39, 0.29) is 11.4 Å². The summed E-state index contributed by atoms with van der Waals surface area (Å²) in [5.41, 5.74) is 4.62. The molecular weight excluding hydrogens is 384 g/mol. The monoisotopic (exact) mass is 399 g/mol. The van der Waals surface area contributed by atoms with E-state index in [0.717, 1.165) is 4.57 Å². The molecule has 13 nitrogen and oxygen atoms in total. The molecule has 25 heavy (non-hydrogen) atoms. The molecular formula is C10H15N3O10P2. The number of hydrogen-bond donors (Lipinski definition) is 5. The number of aromatic nitrogens is 2. The van der Waals surface area contributed by atoms with Crippen LogP contribution in [0.3, 0.4) is 0 Å². The van der Waals surface area contributed by atoms with Gasteiger partial charge in [-0.3, -0.25) is 9.09 Å². The molecule has 0 amide bonds. The first kappa shape index (κ1) is 19.9. The summed E-state index contributed by atoms with van der Waals surface area (Å²) in [5, 5.41) is 10.0. The molecule has 0 saturated carbocycles. The lowest BCUT2D eigenvalue weighted by atomic mass is 10.1. The molecule has 2 heterocycles. The zero-order chi connectivity index (χ0) is 19.0. The molecule has 2 unspecified atom stereocenters. The molecule has 1 aliphatic heterocycles. The number of phosphoric ester groups is 1.